The van der Waals surface area contributed by atoms with Crippen LogP contribution < -0.4 is 0 Å². The normalized spacial score (nSPS) is 29.9. The van der Waals surface area contributed by atoms with Gasteiger partial charge in [-0.2, -0.15) is 0 Å². The summed E-state index contributed by atoms with van der Waals surface area (Å²) in [7, 11) is 0. The number of ketones is 1. The number of esters is 1. The van der Waals surface area contributed by atoms with E-state index in [1.165, 1.54) is 6.92 Å². The van der Waals surface area contributed by atoms with Gasteiger partial charge in [-0.3, -0.25) is 9.59 Å². The van der Waals surface area contributed by atoms with Gasteiger partial charge in [-0.1, -0.05) is 44.4 Å². The van der Waals surface area contributed by atoms with Crippen molar-refractivity contribution in [3.8, 4) is 0 Å². The minimum absolute atomic E-state index is 0.0751. The van der Waals surface area contributed by atoms with Crippen molar-refractivity contribution in [2.45, 2.75) is 96.4 Å². The van der Waals surface area contributed by atoms with Gasteiger partial charge in [-0.05, 0) is 44.3 Å². The van der Waals surface area contributed by atoms with Gasteiger partial charge in [0, 0.05) is 31.8 Å². The summed E-state index contributed by atoms with van der Waals surface area (Å²) >= 11 is 0. The molecule has 7 heteroatoms. The largest absolute Gasteiger partial charge is 0.469 e. The van der Waals surface area contributed by atoms with Gasteiger partial charge < -0.3 is 23.7 Å². The number of hydrogen-bond acceptors (Lipinski definition) is 7. The van der Waals surface area contributed by atoms with Crippen molar-refractivity contribution in [1.29, 1.82) is 0 Å². The Bertz CT molecular complexity index is 722. The average molecular weight is 477 g/mol. The average Bonchev–Trinajstić information content (AvgIpc) is 3.12. The number of carbonyl (C=O) groups excluding carboxylic acids is 2. The van der Waals surface area contributed by atoms with E-state index in [-0.39, 0.29) is 48.7 Å². The quantitative estimate of drug-likeness (QED) is 0.210. The Balaban J connectivity index is 1.70. The molecule has 3 rings (SSSR count). The highest BCUT2D eigenvalue weighted by molar-refractivity contribution is 5.84. The van der Waals surface area contributed by atoms with Crippen LogP contribution in [0.5, 0.6) is 0 Å². The second-order valence-electron chi connectivity index (χ2n) is 9.23. The zero-order chi connectivity index (χ0) is 24.2. The van der Waals surface area contributed by atoms with E-state index in [2.05, 4.69) is 19.1 Å². The molecule has 0 aromatic carbocycles. The van der Waals surface area contributed by atoms with Crippen LogP contribution in [0.15, 0.2) is 36.6 Å². The second kappa shape index (κ2) is 14.4. The van der Waals surface area contributed by atoms with Gasteiger partial charge in [0.25, 0.3) is 0 Å². The molecule has 6 atom stereocenters. The molecule has 0 radical (unpaired) electrons. The van der Waals surface area contributed by atoms with Crippen LogP contribution in [0.2, 0.25) is 0 Å². The number of ether oxygens (including phenoxy) is 5. The third-order valence-corrected chi connectivity index (χ3v) is 6.53. The minimum atomic E-state index is -0.516. The molecule has 3 aliphatic rings. The lowest BCUT2D eigenvalue weighted by Crippen LogP contribution is -2.29. The molecule has 1 unspecified atom stereocenters. The van der Waals surface area contributed by atoms with E-state index < -0.39 is 6.29 Å². The Morgan fingerprint density at radius 2 is 2.15 bits per heavy atom. The Kier molecular flexibility index (Phi) is 11.3. The lowest BCUT2D eigenvalue weighted by atomic mass is 9.90. The molecule has 1 saturated carbocycles. The lowest BCUT2D eigenvalue weighted by molar-refractivity contribution is -0.179. The smallest absolute Gasteiger partial charge is 0.302 e. The first kappa shape index (κ1) is 26.6. The monoisotopic (exact) mass is 476 g/mol. The van der Waals surface area contributed by atoms with Crippen molar-refractivity contribution in [3.05, 3.63) is 36.6 Å². The second-order valence-corrected chi connectivity index (χ2v) is 9.23. The molecule has 1 aliphatic carbocycles. The van der Waals surface area contributed by atoms with Crippen LogP contribution in [-0.4, -0.2) is 49.8 Å². The number of Topliss-reactive ketones (excluding diaryl/α,β-unsaturated/α-hetero) is 1. The van der Waals surface area contributed by atoms with E-state index in [9.17, 15) is 9.59 Å². The number of carbonyl (C=O) groups is 2. The number of rotatable bonds is 13. The van der Waals surface area contributed by atoms with Crippen molar-refractivity contribution in [1.82, 2.24) is 0 Å². The Hall–Kier alpha value is -1.96. The van der Waals surface area contributed by atoms with Crippen molar-refractivity contribution in [2.24, 2.45) is 11.8 Å². The maximum absolute atomic E-state index is 12.9. The van der Waals surface area contributed by atoms with E-state index in [4.69, 9.17) is 23.7 Å². The van der Waals surface area contributed by atoms with E-state index in [1.54, 1.807) is 12.3 Å². The highest BCUT2D eigenvalue weighted by atomic mass is 16.7. The Labute approximate surface area is 203 Å². The van der Waals surface area contributed by atoms with Gasteiger partial charge >= 0.3 is 5.97 Å². The van der Waals surface area contributed by atoms with Gasteiger partial charge in [0.2, 0.25) is 6.29 Å². The molecule has 2 heterocycles. The molecule has 7 nitrogen and oxygen atoms in total. The third-order valence-electron chi connectivity index (χ3n) is 6.53. The predicted octanol–water partition coefficient (Wildman–Crippen LogP) is 5.00. The molecule has 0 amide bonds. The summed E-state index contributed by atoms with van der Waals surface area (Å²) < 4.78 is 28.9. The highest BCUT2D eigenvalue weighted by Gasteiger charge is 2.42. The number of unbranched alkanes of at least 4 members (excludes halogenated alkanes) is 2. The minimum Gasteiger partial charge on any atom is -0.469 e. The lowest BCUT2D eigenvalue weighted by Gasteiger charge is -2.28. The van der Waals surface area contributed by atoms with E-state index in [1.807, 2.05) is 12.2 Å². The van der Waals surface area contributed by atoms with Crippen LogP contribution >= 0.6 is 0 Å². The summed E-state index contributed by atoms with van der Waals surface area (Å²) in [5.41, 5.74) is 0. The molecule has 190 valence electrons. The molecule has 2 fully saturated rings. The van der Waals surface area contributed by atoms with Gasteiger partial charge in [0.15, 0.2) is 6.29 Å². The maximum Gasteiger partial charge on any atom is 0.302 e. The van der Waals surface area contributed by atoms with Crippen LogP contribution in [0.25, 0.3) is 0 Å². The summed E-state index contributed by atoms with van der Waals surface area (Å²) in [6, 6.07) is 0. The molecule has 0 N–H and O–H groups in total. The summed E-state index contributed by atoms with van der Waals surface area (Å²) in [6.45, 7) is 4.53. The molecular weight excluding hydrogens is 436 g/mol. The van der Waals surface area contributed by atoms with Crippen LogP contribution in [0, 0.1) is 11.8 Å². The molecule has 0 spiro atoms. The topological polar surface area (TPSA) is 80.3 Å². The summed E-state index contributed by atoms with van der Waals surface area (Å²) in [5.74, 6) is -0.627. The van der Waals surface area contributed by atoms with Gasteiger partial charge in [0.1, 0.15) is 5.78 Å². The Morgan fingerprint density at radius 1 is 1.26 bits per heavy atom. The molecule has 34 heavy (non-hydrogen) atoms. The van der Waals surface area contributed by atoms with Crippen molar-refractivity contribution in [3.63, 3.8) is 0 Å². The molecule has 2 aliphatic heterocycles. The fourth-order valence-electron chi connectivity index (χ4n) is 4.73. The predicted molar refractivity (Wildman–Crippen MR) is 128 cm³/mol. The number of hydrogen-bond donors (Lipinski definition) is 0. The van der Waals surface area contributed by atoms with E-state index in [0.29, 0.717) is 12.8 Å². The fourth-order valence-corrected chi connectivity index (χ4v) is 4.73. The summed E-state index contributed by atoms with van der Waals surface area (Å²) in [5, 5.41) is 0. The first-order chi connectivity index (χ1) is 16.6. The number of allylic oxidation sites excluding steroid dienone is 2. The molecular formula is C27H40O7. The van der Waals surface area contributed by atoms with Crippen LogP contribution in [0.4, 0.5) is 0 Å². The standard InChI is InChI=1S/C27H40O7/c1-3-4-5-10-21(33-26-11-6-8-16-31-26)13-14-23-22(15-18-30-20(2)28)24(29)19-25(23)34-27-12-7-9-17-32-27/h7,9,12-14,17,21-23,25-27H,3-6,8,10-11,15-16,18-19H2,1-2H3/t21-,22-,23-,25-,26?,27+/m0/s1. The van der Waals surface area contributed by atoms with Crippen LogP contribution in [0.1, 0.15) is 71.6 Å². The van der Waals surface area contributed by atoms with Crippen LogP contribution in [0.3, 0.4) is 0 Å². The van der Waals surface area contributed by atoms with E-state index in [0.717, 1.165) is 51.6 Å². The first-order valence-electron chi connectivity index (χ1n) is 12.8. The maximum atomic E-state index is 12.9. The Morgan fingerprint density at radius 3 is 2.85 bits per heavy atom. The molecule has 0 bridgehead atoms. The molecule has 0 aromatic heterocycles. The SMILES string of the molecule is CCCCC[C@@H](C=C[C@@H]1[C@@H](O[C@@H]2C=CC=CO2)CC(=O)[C@H]1CCOC(C)=O)OC1CCCCO1. The zero-order valence-electron chi connectivity index (χ0n) is 20.6. The van der Waals surface area contributed by atoms with Crippen molar-refractivity contribution < 1.29 is 33.3 Å². The highest BCUT2D eigenvalue weighted by Crippen LogP contribution is 2.36. The molecule has 0 aromatic rings. The fraction of sp³-hybridized carbons (Fsp3) is 0.704. The summed E-state index contributed by atoms with van der Waals surface area (Å²) in [4.78, 5) is 24.1. The van der Waals surface area contributed by atoms with Crippen molar-refractivity contribution in [2.75, 3.05) is 13.2 Å². The van der Waals surface area contributed by atoms with Gasteiger partial charge in [-0.15, -0.1) is 0 Å². The zero-order valence-corrected chi connectivity index (χ0v) is 20.6. The van der Waals surface area contributed by atoms with Crippen molar-refractivity contribution >= 4 is 11.8 Å². The third kappa shape index (κ3) is 8.67. The van der Waals surface area contributed by atoms with E-state index >= 15 is 0 Å². The summed E-state index contributed by atoms with van der Waals surface area (Å²) in [6.07, 6.45) is 18.3. The van der Waals surface area contributed by atoms with Gasteiger partial charge in [0.05, 0.1) is 25.1 Å². The van der Waals surface area contributed by atoms with Crippen LogP contribution in [-0.2, 0) is 33.3 Å². The van der Waals surface area contributed by atoms with Gasteiger partial charge in [-0.25, -0.2) is 0 Å². The first-order valence-corrected chi connectivity index (χ1v) is 12.8. The molecule has 1 saturated heterocycles.